The molecule has 0 spiro atoms. The van der Waals surface area contributed by atoms with Crippen LogP contribution in [0.1, 0.15) is 10.4 Å². The van der Waals surface area contributed by atoms with Crippen LogP contribution < -0.4 is 10.6 Å². The van der Waals surface area contributed by atoms with E-state index in [1.54, 1.807) is 37.5 Å². The second-order valence-corrected chi connectivity index (χ2v) is 4.51. The molecule has 0 radical (unpaired) electrons. The van der Waals surface area contributed by atoms with Crippen molar-refractivity contribution in [3.8, 4) is 0 Å². The maximum atomic E-state index is 12.2. The highest BCUT2D eigenvalue weighted by Gasteiger charge is 2.13. The van der Waals surface area contributed by atoms with E-state index in [4.69, 9.17) is 23.2 Å². The quantitative estimate of drug-likeness (QED) is 0.908. The van der Waals surface area contributed by atoms with E-state index < -0.39 is 0 Å². The molecule has 0 unspecified atom stereocenters. The molecule has 0 fully saturated rings. The van der Waals surface area contributed by atoms with Crippen LogP contribution in [0.5, 0.6) is 0 Å². The zero-order valence-electron chi connectivity index (χ0n) is 10.1. The van der Waals surface area contributed by atoms with E-state index in [0.717, 1.165) is 0 Å². The van der Waals surface area contributed by atoms with Crippen LogP contribution in [0.15, 0.2) is 36.7 Å². The molecule has 0 bridgehead atoms. The van der Waals surface area contributed by atoms with Crippen molar-refractivity contribution >= 4 is 40.5 Å². The molecule has 1 aromatic carbocycles. The molecule has 2 aromatic rings. The van der Waals surface area contributed by atoms with Crippen LogP contribution in [0.3, 0.4) is 0 Å². The summed E-state index contributed by atoms with van der Waals surface area (Å²) in [5.74, 6) is -0.304. The molecule has 4 nitrogen and oxygen atoms in total. The van der Waals surface area contributed by atoms with Crippen molar-refractivity contribution in [3.05, 3.63) is 52.3 Å². The Labute approximate surface area is 120 Å². The number of pyridine rings is 1. The van der Waals surface area contributed by atoms with Crippen molar-refractivity contribution in [1.82, 2.24) is 4.98 Å². The van der Waals surface area contributed by atoms with Crippen molar-refractivity contribution in [2.24, 2.45) is 0 Å². The lowest BCUT2D eigenvalue weighted by molar-refractivity contribution is 0.102. The van der Waals surface area contributed by atoms with E-state index in [2.05, 4.69) is 15.6 Å². The predicted octanol–water partition coefficient (Wildman–Crippen LogP) is 3.68. The maximum absolute atomic E-state index is 12.2. The number of carbonyl (C=O) groups excluding carboxylic acids is 1. The van der Waals surface area contributed by atoms with Crippen molar-refractivity contribution in [1.29, 1.82) is 0 Å². The van der Waals surface area contributed by atoms with E-state index >= 15 is 0 Å². The van der Waals surface area contributed by atoms with Gasteiger partial charge in [-0.1, -0.05) is 29.3 Å². The molecule has 0 atom stereocenters. The molecule has 0 aliphatic carbocycles. The number of hydrogen-bond acceptors (Lipinski definition) is 3. The summed E-state index contributed by atoms with van der Waals surface area (Å²) in [5.41, 5.74) is 1.58. The van der Waals surface area contributed by atoms with E-state index in [1.165, 1.54) is 6.20 Å². The number of amides is 1. The highest BCUT2D eigenvalue weighted by molar-refractivity contribution is 6.44. The van der Waals surface area contributed by atoms with Crippen LogP contribution in [0.4, 0.5) is 11.4 Å². The molecule has 0 saturated carbocycles. The smallest absolute Gasteiger partial charge is 0.259 e. The standard InChI is InChI=1S/C13H11Cl2N3O/c1-16-10-5-6-17-7-8(10)13(19)18-11-4-2-3-9(14)12(11)15/h2-7H,1H3,(H,16,17)(H,18,19). The summed E-state index contributed by atoms with van der Waals surface area (Å²) in [6, 6.07) is 6.77. The van der Waals surface area contributed by atoms with Crippen LogP contribution >= 0.6 is 23.2 Å². The van der Waals surface area contributed by atoms with Crippen LogP contribution in [0.25, 0.3) is 0 Å². The number of nitrogens with zero attached hydrogens (tertiary/aromatic N) is 1. The average molecular weight is 296 g/mol. The Hall–Kier alpha value is -1.78. The lowest BCUT2D eigenvalue weighted by atomic mass is 10.2. The van der Waals surface area contributed by atoms with Gasteiger partial charge in [0.2, 0.25) is 0 Å². The Balaban J connectivity index is 2.28. The molecule has 6 heteroatoms. The van der Waals surface area contributed by atoms with Gasteiger partial charge in [-0.05, 0) is 18.2 Å². The number of aromatic nitrogens is 1. The molecule has 2 rings (SSSR count). The summed E-state index contributed by atoms with van der Waals surface area (Å²) < 4.78 is 0. The first-order chi connectivity index (χ1) is 9.13. The molecule has 2 N–H and O–H groups in total. The highest BCUT2D eigenvalue weighted by Crippen LogP contribution is 2.30. The first-order valence-electron chi connectivity index (χ1n) is 5.50. The van der Waals surface area contributed by atoms with Gasteiger partial charge in [0.05, 0.1) is 21.3 Å². The Morgan fingerprint density at radius 1 is 1.21 bits per heavy atom. The van der Waals surface area contributed by atoms with Gasteiger partial charge in [0.25, 0.3) is 5.91 Å². The molecule has 98 valence electrons. The number of hydrogen-bond donors (Lipinski definition) is 2. The van der Waals surface area contributed by atoms with E-state index in [-0.39, 0.29) is 5.91 Å². The second kappa shape index (κ2) is 5.91. The number of anilines is 2. The van der Waals surface area contributed by atoms with Crippen LogP contribution in [-0.2, 0) is 0 Å². The Morgan fingerprint density at radius 2 is 2.00 bits per heavy atom. The fourth-order valence-electron chi connectivity index (χ4n) is 1.58. The first kappa shape index (κ1) is 13.6. The number of halogens is 2. The summed E-state index contributed by atoms with van der Waals surface area (Å²) in [7, 11) is 1.73. The van der Waals surface area contributed by atoms with Gasteiger partial charge in [-0.15, -0.1) is 0 Å². The first-order valence-corrected chi connectivity index (χ1v) is 6.26. The lowest BCUT2D eigenvalue weighted by Gasteiger charge is -2.10. The Bertz CT molecular complexity index is 617. The summed E-state index contributed by atoms with van der Waals surface area (Å²) in [6.07, 6.45) is 3.09. The van der Waals surface area contributed by atoms with Gasteiger partial charge < -0.3 is 10.6 Å². The molecule has 1 amide bonds. The topological polar surface area (TPSA) is 54.0 Å². The third-order valence-electron chi connectivity index (χ3n) is 2.53. The van der Waals surface area contributed by atoms with E-state index in [1.807, 2.05) is 0 Å². The summed E-state index contributed by atoms with van der Waals surface area (Å²) in [4.78, 5) is 16.1. The minimum absolute atomic E-state index is 0.304. The van der Waals surface area contributed by atoms with Gasteiger partial charge in [-0.2, -0.15) is 0 Å². The zero-order valence-corrected chi connectivity index (χ0v) is 11.6. The number of benzene rings is 1. The number of nitrogens with one attached hydrogen (secondary N) is 2. The van der Waals surface area contributed by atoms with Gasteiger partial charge in [-0.25, -0.2) is 0 Å². The Morgan fingerprint density at radius 3 is 2.74 bits per heavy atom. The van der Waals surface area contributed by atoms with Crippen molar-refractivity contribution < 1.29 is 4.79 Å². The third-order valence-corrected chi connectivity index (χ3v) is 3.35. The van der Waals surface area contributed by atoms with Gasteiger partial charge in [0.1, 0.15) is 0 Å². The summed E-state index contributed by atoms with van der Waals surface area (Å²) in [6.45, 7) is 0. The molecule has 1 aromatic heterocycles. The van der Waals surface area contributed by atoms with Crippen LogP contribution in [0.2, 0.25) is 10.0 Å². The second-order valence-electron chi connectivity index (χ2n) is 3.73. The normalized spacial score (nSPS) is 10.1. The van der Waals surface area contributed by atoms with E-state index in [0.29, 0.717) is 27.0 Å². The monoisotopic (exact) mass is 295 g/mol. The molecular formula is C13H11Cl2N3O. The van der Waals surface area contributed by atoms with Gasteiger partial charge >= 0.3 is 0 Å². The third kappa shape index (κ3) is 2.97. The fourth-order valence-corrected chi connectivity index (χ4v) is 1.93. The molecule has 19 heavy (non-hydrogen) atoms. The van der Waals surface area contributed by atoms with Gasteiger partial charge in [0, 0.05) is 25.1 Å². The molecule has 1 heterocycles. The Kier molecular flexibility index (Phi) is 4.24. The SMILES string of the molecule is CNc1ccncc1C(=O)Nc1cccc(Cl)c1Cl. The maximum Gasteiger partial charge on any atom is 0.259 e. The van der Waals surface area contributed by atoms with Crippen LogP contribution in [0, 0.1) is 0 Å². The van der Waals surface area contributed by atoms with Gasteiger partial charge in [-0.3, -0.25) is 9.78 Å². The minimum Gasteiger partial charge on any atom is -0.387 e. The average Bonchev–Trinajstić information content (AvgIpc) is 2.43. The van der Waals surface area contributed by atoms with Gasteiger partial charge in [0.15, 0.2) is 0 Å². The largest absolute Gasteiger partial charge is 0.387 e. The molecular weight excluding hydrogens is 285 g/mol. The van der Waals surface area contributed by atoms with E-state index in [9.17, 15) is 4.79 Å². The molecule has 0 aliphatic heterocycles. The van der Waals surface area contributed by atoms with Crippen molar-refractivity contribution in [2.45, 2.75) is 0 Å². The van der Waals surface area contributed by atoms with Crippen molar-refractivity contribution in [2.75, 3.05) is 17.7 Å². The zero-order chi connectivity index (χ0) is 13.8. The predicted molar refractivity (Wildman–Crippen MR) is 78.2 cm³/mol. The van der Waals surface area contributed by atoms with Crippen LogP contribution in [-0.4, -0.2) is 17.9 Å². The minimum atomic E-state index is -0.304. The molecule has 0 saturated heterocycles. The molecule has 0 aliphatic rings. The number of rotatable bonds is 3. The summed E-state index contributed by atoms with van der Waals surface area (Å²) in [5, 5.41) is 6.34. The lowest BCUT2D eigenvalue weighted by Crippen LogP contribution is -2.14. The fraction of sp³-hybridized carbons (Fsp3) is 0.0769. The summed E-state index contributed by atoms with van der Waals surface area (Å²) >= 11 is 11.9. The number of carbonyl (C=O) groups is 1. The van der Waals surface area contributed by atoms with Crippen molar-refractivity contribution in [3.63, 3.8) is 0 Å². The highest BCUT2D eigenvalue weighted by atomic mass is 35.5.